The second-order valence-corrected chi connectivity index (χ2v) is 3.00. The Kier molecular flexibility index (Phi) is 2.55. The van der Waals surface area contributed by atoms with Crippen LogP contribution in [0.3, 0.4) is 0 Å². The second kappa shape index (κ2) is 3.07. The lowest BCUT2D eigenvalue weighted by Crippen LogP contribution is -2.34. The first-order valence-corrected chi connectivity index (χ1v) is 3.73. The van der Waals surface area contributed by atoms with E-state index in [-0.39, 0.29) is 12.4 Å². The Morgan fingerprint density at radius 1 is 1.40 bits per heavy atom. The molecule has 0 radical (unpaired) electrons. The Labute approximate surface area is 67.7 Å². The van der Waals surface area contributed by atoms with Gasteiger partial charge in [-0.25, -0.2) is 0 Å². The summed E-state index contributed by atoms with van der Waals surface area (Å²) in [5, 5.41) is 3.27. The van der Waals surface area contributed by atoms with Crippen molar-refractivity contribution in [1.29, 1.82) is 0 Å². The van der Waals surface area contributed by atoms with Crippen LogP contribution in [0.4, 0.5) is 0 Å². The van der Waals surface area contributed by atoms with Crippen LogP contribution >= 0.6 is 12.4 Å². The van der Waals surface area contributed by atoms with Gasteiger partial charge in [0.2, 0.25) is 0 Å². The summed E-state index contributed by atoms with van der Waals surface area (Å²) < 4.78 is 5.61. The molecule has 2 bridgehead atoms. The summed E-state index contributed by atoms with van der Waals surface area (Å²) in [6, 6.07) is 0.656. The summed E-state index contributed by atoms with van der Waals surface area (Å²) >= 11 is 0. The highest BCUT2D eigenvalue weighted by molar-refractivity contribution is 5.85. The van der Waals surface area contributed by atoms with E-state index in [9.17, 15) is 0 Å². The average Bonchev–Trinajstić information content (AvgIpc) is 2.45. The van der Waals surface area contributed by atoms with Gasteiger partial charge in [0, 0.05) is 6.04 Å². The first-order chi connectivity index (χ1) is 4.40. The van der Waals surface area contributed by atoms with E-state index in [1.165, 1.54) is 19.3 Å². The fourth-order valence-corrected chi connectivity index (χ4v) is 1.94. The number of ether oxygens (including phenoxy) is 1. The van der Waals surface area contributed by atoms with E-state index in [0.29, 0.717) is 18.2 Å². The molecular weight excluding hydrogens is 150 g/mol. The standard InChI is InChI=1S/C7H13NO.ClH/c1-8-6-4-5-2-3-7(6)9-5;/h5-8H,2-4H2,1H3;1H. The van der Waals surface area contributed by atoms with Crippen molar-refractivity contribution in [3.8, 4) is 0 Å². The minimum atomic E-state index is 0. The van der Waals surface area contributed by atoms with Gasteiger partial charge in [-0.15, -0.1) is 12.4 Å². The third-order valence-corrected chi connectivity index (χ3v) is 2.48. The Morgan fingerprint density at radius 3 is 2.50 bits per heavy atom. The van der Waals surface area contributed by atoms with Gasteiger partial charge in [-0.05, 0) is 26.3 Å². The van der Waals surface area contributed by atoms with Crippen LogP contribution < -0.4 is 5.32 Å². The Balaban J connectivity index is 0.000000500. The number of likely N-dealkylation sites (N-methyl/N-ethyl adjacent to an activating group) is 1. The summed E-state index contributed by atoms with van der Waals surface area (Å²) in [6.07, 6.45) is 4.94. The van der Waals surface area contributed by atoms with Gasteiger partial charge in [0.15, 0.2) is 0 Å². The van der Waals surface area contributed by atoms with Crippen LogP contribution in [0.2, 0.25) is 0 Å². The van der Waals surface area contributed by atoms with Crippen molar-refractivity contribution in [3.63, 3.8) is 0 Å². The van der Waals surface area contributed by atoms with Crippen LogP contribution in [0.25, 0.3) is 0 Å². The van der Waals surface area contributed by atoms with E-state index >= 15 is 0 Å². The summed E-state index contributed by atoms with van der Waals surface area (Å²) in [6.45, 7) is 0. The molecule has 0 aliphatic carbocycles. The fourth-order valence-electron chi connectivity index (χ4n) is 1.94. The van der Waals surface area contributed by atoms with E-state index in [2.05, 4.69) is 5.32 Å². The van der Waals surface area contributed by atoms with Crippen LogP contribution in [-0.2, 0) is 4.74 Å². The molecule has 2 aliphatic rings. The lowest BCUT2D eigenvalue weighted by Gasteiger charge is -2.16. The van der Waals surface area contributed by atoms with Crippen LogP contribution in [0, 0.1) is 0 Å². The number of hydrogen-bond acceptors (Lipinski definition) is 2. The predicted molar refractivity (Wildman–Crippen MR) is 42.6 cm³/mol. The minimum Gasteiger partial charge on any atom is -0.373 e. The smallest absolute Gasteiger partial charge is 0.0733 e. The first kappa shape index (κ1) is 8.31. The van der Waals surface area contributed by atoms with Gasteiger partial charge in [-0.3, -0.25) is 0 Å². The van der Waals surface area contributed by atoms with Crippen molar-refractivity contribution < 1.29 is 4.74 Å². The van der Waals surface area contributed by atoms with Gasteiger partial charge in [-0.1, -0.05) is 0 Å². The molecule has 0 aromatic heterocycles. The molecule has 2 saturated heterocycles. The summed E-state index contributed by atoms with van der Waals surface area (Å²) in [5.41, 5.74) is 0. The molecule has 60 valence electrons. The van der Waals surface area contributed by atoms with Crippen LogP contribution in [0.1, 0.15) is 19.3 Å². The molecule has 0 saturated carbocycles. The van der Waals surface area contributed by atoms with E-state index in [1.54, 1.807) is 0 Å². The fraction of sp³-hybridized carbons (Fsp3) is 1.00. The largest absolute Gasteiger partial charge is 0.373 e. The number of fused-ring (bicyclic) bond motifs is 2. The van der Waals surface area contributed by atoms with E-state index in [1.807, 2.05) is 7.05 Å². The van der Waals surface area contributed by atoms with E-state index < -0.39 is 0 Å². The zero-order valence-corrected chi connectivity index (χ0v) is 6.99. The third kappa shape index (κ3) is 1.16. The van der Waals surface area contributed by atoms with Crippen molar-refractivity contribution in [3.05, 3.63) is 0 Å². The van der Waals surface area contributed by atoms with Crippen molar-refractivity contribution in [2.24, 2.45) is 0 Å². The maximum absolute atomic E-state index is 5.61. The summed E-state index contributed by atoms with van der Waals surface area (Å²) in [7, 11) is 2.02. The molecule has 2 fully saturated rings. The molecule has 0 aromatic carbocycles. The highest BCUT2D eigenvalue weighted by Crippen LogP contribution is 2.33. The molecule has 3 unspecified atom stereocenters. The minimum absolute atomic E-state index is 0. The third-order valence-electron chi connectivity index (χ3n) is 2.48. The average molecular weight is 164 g/mol. The normalized spacial score (nSPS) is 43.5. The number of rotatable bonds is 1. The van der Waals surface area contributed by atoms with Gasteiger partial charge >= 0.3 is 0 Å². The van der Waals surface area contributed by atoms with Crippen molar-refractivity contribution >= 4 is 12.4 Å². The Hall–Kier alpha value is 0.210. The molecule has 0 aromatic rings. The molecule has 2 rings (SSSR count). The number of hydrogen-bond donors (Lipinski definition) is 1. The molecule has 3 heteroatoms. The maximum Gasteiger partial charge on any atom is 0.0733 e. The zero-order valence-electron chi connectivity index (χ0n) is 6.17. The van der Waals surface area contributed by atoms with E-state index in [0.717, 1.165) is 0 Å². The van der Waals surface area contributed by atoms with Crippen molar-refractivity contribution in [2.75, 3.05) is 7.05 Å². The van der Waals surface area contributed by atoms with Crippen molar-refractivity contribution in [1.82, 2.24) is 5.32 Å². The van der Waals surface area contributed by atoms with Crippen LogP contribution in [-0.4, -0.2) is 25.3 Å². The van der Waals surface area contributed by atoms with Gasteiger partial charge in [0.05, 0.1) is 12.2 Å². The number of nitrogens with one attached hydrogen (secondary N) is 1. The molecule has 2 nitrogen and oxygen atoms in total. The number of halogens is 1. The van der Waals surface area contributed by atoms with Gasteiger partial charge in [-0.2, -0.15) is 0 Å². The summed E-state index contributed by atoms with van der Waals surface area (Å²) in [4.78, 5) is 0. The Bertz CT molecular complexity index is 120. The highest BCUT2D eigenvalue weighted by atomic mass is 35.5. The lowest BCUT2D eigenvalue weighted by atomic mass is 9.96. The summed E-state index contributed by atoms with van der Waals surface area (Å²) in [5.74, 6) is 0. The van der Waals surface area contributed by atoms with Gasteiger partial charge in [0.25, 0.3) is 0 Å². The Morgan fingerprint density at radius 2 is 2.20 bits per heavy atom. The molecule has 0 amide bonds. The van der Waals surface area contributed by atoms with Gasteiger partial charge < -0.3 is 10.1 Å². The van der Waals surface area contributed by atoms with Crippen molar-refractivity contribution in [2.45, 2.75) is 37.5 Å². The molecule has 3 atom stereocenters. The van der Waals surface area contributed by atoms with Crippen LogP contribution in [0.15, 0.2) is 0 Å². The lowest BCUT2D eigenvalue weighted by molar-refractivity contribution is 0.0983. The highest BCUT2D eigenvalue weighted by Gasteiger charge is 2.39. The monoisotopic (exact) mass is 163 g/mol. The molecule has 0 spiro atoms. The van der Waals surface area contributed by atoms with E-state index in [4.69, 9.17) is 4.74 Å². The van der Waals surface area contributed by atoms with Crippen LogP contribution in [0.5, 0.6) is 0 Å². The molecule has 2 heterocycles. The topological polar surface area (TPSA) is 21.3 Å². The molecule has 2 aliphatic heterocycles. The first-order valence-electron chi connectivity index (χ1n) is 3.73. The maximum atomic E-state index is 5.61. The molecular formula is C7H14ClNO. The second-order valence-electron chi connectivity index (χ2n) is 3.00. The molecule has 1 N–H and O–H groups in total. The quantitative estimate of drug-likeness (QED) is 0.622. The van der Waals surface area contributed by atoms with Gasteiger partial charge in [0.1, 0.15) is 0 Å². The SMILES string of the molecule is CNC1CC2CCC1O2.Cl. The predicted octanol–water partition coefficient (Wildman–Crippen LogP) is 0.948. The molecule has 10 heavy (non-hydrogen) atoms. The zero-order chi connectivity index (χ0) is 6.27.